The first-order valence-corrected chi connectivity index (χ1v) is 15.0. The molecule has 218 valence electrons. The fourth-order valence-corrected chi connectivity index (χ4v) is 5.50. The zero-order valence-corrected chi connectivity index (χ0v) is 25.1. The van der Waals surface area contributed by atoms with Gasteiger partial charge in [-0.2, -0.15) is 4.98 Å². The van der Waals surface area contributed by atoms with Crippen molar-refractivity contribution in [3.63, 3.8) is 0 Å². The molecule has 0 aliphatic carbocycles. The number of anilines is 2. The summed E-state index contributed by atoms with van der Waals surface area (Å²) in [7, 11) is 0. The lowest BCUT2D eigenvalue weighted by molar-refractivity contribution is -0.113. The van der Waals surface area contributed by atoms with Crippen LogP contribution in [0, 0.1) is 5.82 Å². The number of thioether (sulfide) groups is 1. The molecule has 1 aliphatic rings. The second kappa shape index (κ2) is 13.3. The smallest absolute Gasteiger partial charge is 0.255 e. The first-order valence-electron chi connectivity index (χ1n) is 13.7. The summed E-state index contributed by atoms with van der Waals surface area (Å²) in [5.41, 5.74) is 2.80. The van der Waals surface area contributed by atoms with Crippen LogP contribution in [0.25, 0.3) is 0 Å². The molecular formula is C31H31ClFN5O3S. The maximum absolute atomic E-state index is 14.2. The van der Waals surface area contributed by atoms with Gasteiger partial charge in [-0.25, -0.2) is 9.07 Å². The summed E-state index contributed by atoms with van der Waals surface area (Å²) in [5, 5.41) is 12.0. The van der Waals surface area contributed by atoms with Crippen molar-refractivity contribution in [2.75, 3.05) is 23.0 Å². The molecule has 1 atom stereocenters. The molecular weight excluding hydrogens is 577 g/mol. The lowest BCUT2D eigenvalue weighted by Crippen LogP contribution is -2.31. The Balaban J connectivity index is 1.46. The molecule has 11 heteroatoms. The predicted octanol–water partition coefficient (Wildman–Crippen LogP) is 7.48. The molecule has 0 bridgehead atoms. The maximum atomic E-state index is 14.2. The van der Waals surface area contributed by atoms with E-state index in [1.165, 1.54) is 6.07 Å². The first-order chi connectivity index (χ1) is 20.4. The normalized spacial score (nSPS) is 14.3. The molecule has 8 nitrogen and oxygen atoms in total. The van der Waals surface area contributed by atoms with Crippen molar-refractivity contribution in [3.8, 4) is 11.5 Å². The molecule has 1 unspecified atom stereocenters. The highest BCUT2D eigenvalue weighted by atomic mass is 35.5. The average molecular weight is 608 g/mol. The van der Waals surface area contributed by atoms with Crippen molar-refractivity contribution < 1.29 is 18.7 Å². The number of rotatable bonds is 11. The first kappa shape index (κ1) is 29.5. The molecule has 42 heavy (non-hydrogen) atoms. The lowest BCUT2D eigenvalue weighted by atomic mass is 9.95. The second-order valence-corrected chi connectivity index (χ2v) is 11.0. The van der Waals surface area contributed by atoms with Crippen molar-refractivity contribution >= 4 is 40.9 Å². The Morgan fingerprint density at radius 2 is 1.88 bits per heavy atom. The quantitative estimate of drug-likeness (QED) is 0.171. The van der Waals surface area contributed by atoms with Crippen LogP contribution in [0.3, 0.4) is 0 Å². The Morgan fingerprint density at radius 1 is 1.10 bits per heavy atom. The van der Waals surface area contributed by atoms with Gasteiger partial charge in [-0.3, -0.25) is 4.79 Å². The van der Waals surface area contributed by atoms with Crippen LogP contribution >= 0.6 is 23.4 Å². The van der Waals surface area contributed by atoms with Crippen molar-refractivity contribution in [2.45, 2.75) is 45.0 Å². The summed E-state index contributed by atoms with van der Waals surface area (Å²) in [6, 6.07) is 18.6. The zero-order valence-electron chi connectivity index (χ0n) is 23.5. The number of hydrogen-bond acceptors (Lipinski definition) is 7. The minimum absolute atomic E-state index is 0.0185. The summed E-state index contributed by atoms with van der Waals surface area (Å²) >= 11 is 7.72. The number of aromatic nitrogens is 3. The molecule has 1 aliphatic heterocycles. The fraction of sp³-hybridized carbons (Fsp3) is 0.258. The molecule has 0 saturated heterocycles. The van der Waals surface area contributed by atoms with Gasteiger partial charge in [-0.15, -0.1) is 5.10 Å². The van der Waals surface area contributed by atoms with Gasteiger partial charge in [0.1, 0.15) is 30.0 Å². The third-order valence-corrected chi connectivity index (χ3v) is 7.99. The van der Waals surface area contributed by atoms with Crippen molar-refractivity contribution in [2.24, 2.45) is 0 Å². The third kappa shape index (κ3) is 6.39. The minimum atomic E-state index is -0.570. The number of ether oxygens (including phenoxy) is 2. The van der Waals surface area contributed by atoms with E-state index in [0.29, 0.717) is 51.2 Å². The van der Waals surface area contributed by atoms with Gasteiger partial charge in [0.2, 0.25) is 11.1 Å². The van der Waals surface area contributed by atoms with E-state index in [9.17, 15) is 9.18 Å². The Labute approximate surface area is 253 Å². The summed E-state index contributed by atoms with van der Waals surface area (Å²) in [4.78, 5) is 18.6. The second-order valence-electron chi connectivity index (χ2n) is 9.52. The number of benzene rings is 3. The zero-order chi connectivity index (χ0) is 29.6. The fourth-order valence-electron chi connectivity index (χ4n) is 4.60. The van der Waals surface area contributed by atoms with E-state index in [-0.39, 0.29) is 18.1 Å². The lowest BCUT2D eigenvalue weighted by Gasteiger charge is -2.29. The monoisotopic (exact) mass is 607 g/mol. The van der Waals surface area contributed by atoms with Crippen LogP contribution in [0.5, 0.6) is 11.5 Å². The van der Waals surface area contributed by atoms with Gasteiger partial charge in [0.15, 0.2) is 0 Å². The third-order valence-electron chi connectivity index (χ3n) is 6.59. The number of nitrogens with zero attached hydrogens (tertiary/aromatic N) is 3. The molecule has 1 aromatic heterocycles. The van der Waals surface area contributed by atoms with Crippen molar-refractivity contribution in [1.82, 2.24) is 14.8 Å². The van der Waals surface area contributed by atoms with Gasteiger partial charge < -0.3 is 20.1 Å². The Kier molecular flexibility index (Phi) is 9.34. The van der Waals surface area contributed by atoms with Gasteiger partial charge in [-0.05, 0) is 62.2 Å². The van der Waals surface area contributed by atoms with Crippen LogP contribution in [-0.2, 0) is 11.4 Å². The number of amides is 1. The summed E-state index contributed by atoms with van der Waals surface area (Å²) in [6.07, 6.45) is 0.981. The van der Waals surface area contributed by atoms with Gasteiger partial charge in [0, 0.05) is 17.0 Å². The van der Waals surface area contributed by atoms with Crippen molar-refractivity contribution in [1.29, 1.82) is 0 Å². The molecule has 2 heterocycles. The summed E-state index contributed by atoms with van der Waals surface area (Å²) < 4.78 is 27.5. The average Bonchev–Trinajstić information content (AvgIpc) is 3.39. The molecule has 2 N–H and O–H groups in total. The van der Waals surface area contributed by atoms with E-state index in [1.54, 1.807) is 46.8 Å². The van der Waals surface area contributed by atoms with Gasteiger partial charge in [0.25, 0.3) is 5.91 Å². The summed E-state index contributed by atoms with van der Waals surface area (Å²) in [5.74, 6) is 1.82. The van der Waals surface area contributed by atoms with Crippen molar-refractivity contribution in [3.05, 3.63) is 100.0 Å². The SMILES string of the molecule is CCCSc1nc2n(n1)C(c1ccc(OCc3c(F)cccc3Cl)cc1)C(C(=O)Nc1ccccc1OCC)=C(C)N2. The van der Waals surface area contributed by atoms with E-state index in [0.717, 1.165) is 17.7 Å². The number of allylic oxidation sites excluding steroid dienone is 1. The largest absolute Gasteiger partial charge is 0.492 e. The predicted molar refractivity (Wildman–Crippen MR) is 164 cm³/mol. The van der Waals surface area contributed by atoms with Gasteiger partial charge >= 0.3 is 0 Å². The molecule has 0 radical (unpaired) electrons. The van der Waals surface area contributed by atoms with Crippen LogP contribution in [0.2, 0.25) is 5.02 Å². The highest BCUT2D eigenvalue weighted by Crippen LogP contribution is 2.38. The number of para-hydroxylation sites is 2. The van der Waals surface area contributed by atoms with E-state index in [2.05, 4.69) is 22.5 Å². The number of carbonyl (C=O) groups is 1. The van der Waals surface area contributed by atoms with Crippen LogP contribution in [0.1, 0.15) is 44.4 Å². The maximum Gasteiger partial charge on any atom is 0.255 e. The number of fused-ring (bicyclic) bond motifs is 1. The van der Waals surface area contributed by atoms with Gasteiger partial charge in [0.05, 0.1) is 22.9 Å². The van der Waals surface area contributed by atoms with E-state index >= 15 is 0 Å². The highest BCUT2D eigenvalue weighted by Gasteiger charge is 2.34. The van der Waals surface area contributed by atoms with Crippen LogP contribution in [0.4, 0.5) is 16.0 Å². The molecule has 1 amide bonds. The van der Waals surface area contributed by atoms with E-state index in [4.69, 9.17) is 26.2 Å². The van der Waals surface area contributed by atoms with Crippen LogP contribution in [0.15, 0.2) is 83.2 Å². The molecule has 0 spiro atoms. The minimum Gasteiger partial charge on any atom is -0.492 e. The molecule has 4 aromatic rings. The molecule has 3 aromatic carbocycles. The standard InChI is InChI=1S/C31H31ClFN5O3S/c1-4-17-42-31-36-30-34-19(3)27(29(39)35-25-11-6-7-12-26(25)40-5-2)28(38(30)37-31)20-13-15-21(16-14-20)41-18-22-23(32)9-8-10-24(22)33/h6-16,28H,4-5,17-18H2,1-3H3,(H,35,39)(H,34,36,37). The highest BCUT2D eigenvalue weighted by molar-refractivity contribution is 7.99. The Morgan fingerprint density at radius 3 is 2.62 bits per heavy atom. The molecule has 0 fully saturated rings. The van der Waals surface area contributed by atoms with Crippen LogP contribution < -0.4 is 20.1 Å². The molecule has 5 rings (SSSR count). The van der Waals surface area contributed by atoms with E-state index in [1.807, 2.05) is 44.2 Å². The molecule has 0 saturated carbocycles. The number of halogens is 2. The van der Waals surface area contributed by atoms with E-state index < -0.39 is 11.9 Å². The number of nitrogens with one attached hydrogen (secondary N) is 2. The number of carbonyl (C=O) groups excluding carboxylic acids is 1. The number of hydrogen-bond donors (Lipinski definition) is 2. The topological polar surface area (TPSA) is 90.3 Å². The van der Waals surface area contributed by atoms with Crippen LogP contribution in [-0.4, -0.2) is 33.0 Å². The Hall–Kier alpha value is -4.02. The Bertz CT molecular complexity index is 1590. The van der Waals surface area contributed by atoms with Gasteiger partial charge in [-0.1, -0.05) is 60.6 Å². The summed E-state index contributed by atoms with van der Waals surface area (Å²) in [6.45, 7) is 6.29.